The van der Waals surface area contributed by atoms with Crippen LogP contribution in [0, 0.1) is 0 Å². The van der Waals surface area contributed by atoms with Gasteiger partial charge in [0.25, 0.3) is 0 Å². The summed E-state index contributed by atoms with van der Waals surface area (Å²) in [6, 6.07) is 13.4. The maximum absolute atomic E-state index is 10.7. The Morgan fingerprint density at radius 2 is 1.05 bits per heavy atom. The van der Waals surface area contributed by atoms with Crippen molar-refractivity contribution in [3.05, 3.63) is 70.8 Å². The third kappa shape index (κ3) is 4.87. The first kappa shape index (κ1) is 17.7. The molecule has 0 amide bonds. The number of nitrogens with one attached hydrogen (secondary N) is 1. The first-order valence-electron chi connectivity index (χ1n) is 6.41. The van der Waals surface area contributed by atoms with Gasteiger partial charge in [-0.2, -0.15) is 0 Å². The lowest BCUT2D eigenvalue weighted by Crippen LogP contribution is -2.13. The molecule has 2 aromatic carbocycles. The number of hydrogen-bond acceptors (Lipinski definition) is 3. The Kier molecular flexibility index (Phi) is 6.56. The van der Waals surface area contributed by atoms with Crippen LogP contribution in [0.25, 0.3) is 0 Å². The molecule has 22 heavy (non-hydrogen) atoms. The van der Waals surface area contributed by atoms with Crippen molar-refractivity contribution in [2.24, 2.45) is 0 Å². The second kappa shape index (κ2) is 8.17. The van der Waals surface area contributed by atoms with Crippen LogP contribution in [-0.4, -0.2) is 22.2 Å². The number of aromatic carboxylic acids is 2. The molecule has 3 N–H and O–H groups in total. The van der Waals surface area contributed by atoms with Crippen molar-refractivity contribution in [2.75, 3.05) is 0 Å². The Labute approximate surface area is 134 Å². The summed E-state index contributed by atoms with van der Waals surface area (Å²) in [7, 11) is 0. The lowest BCUT2D eigenvalue weighted by atomic mass is 10.1. The zero-order valence-corrected chi connectivity index (χ0v) is 12.5. The molecule has 0 spiro atoms. The Hall–Kier alpha value is -2.37. The Bertz CT molecular complexity index is 581. The van der Waals surface area contributed by atoms with E-state index in [2.05, 4.69) is 5.32 Å². The summed E-state index contributed by atoms with van der Waals surface area (Å²) in [5.41, 5.74) is 2.51. The van der Waals surface area contributed by atoms with E-state index < -0.39 is 11.9 Å². The SMILES string of the molecule is Cl.O=C(O)c1ccc(CNCc2ccc(C(=O)O)cc2)cc1. The van der Waals surface area contributed by atoms with E-state index in [0.717, 1.165) is 11.1 Å². The normalized spacial score (nSPS) is 9.82. The highest BCUT2D eigenvalue weighted by Crippen LogP contribution is 2.06. The van der Waals surface area contributed by atoms with E-state index in [4.69, 9.17) is 10.2 Å². The topological polar surface area (TPSA) is 86.6 Å². The molecule has 0 aliphatic heterocycles. The molecule has 0 aliphatic rings. The second-order valence-electron chi connectivity index (χ2n) is 4.61. The number of halogens is 1. The molecule has 0 heterocycles. The van der Waals surface area contributed by atoms with E-state index in [-0.39, 0.29) is 23.5 Å². The lowest BCUT2D eigenvalue weighted by Gasteiger charge is -2.06. The van der Waals surface area contributed by atoms with Crippen LogP contribution in [0.3, 0.4) is 0 Å². The van der Waals surface area contributed by atoms with Crippen LogP contribution in [-0.2, 0) is 13.1 Å². The highest BCUT2D eigenvalue weighted by molar-refractivity contribution is 5.88. The largest absolute Gasteiger partial charge is 0.478 e. The van der Waals surface area contributed by atoms with Gasteiger partial charge < -0.3 is 15.5 Å². The monoisotopic (exact) mass is 321 g/mol. The molecule has 0 aromatic heterocycles. The van der Waals surface area contributed by atoms with E-state index in [1.807, 2.05) is 0 Å². The quantitative estimate of drug-likeness (QED) is 0.761. The van der Waals surface area contributed by atoms with Gasteiger partial charge in [0.2, 0.25) is 0 Å². The first-order valence-corrected chi connectivity index (χ1v) is 6.41. The number of benzene rings is 2. The summed E-state index contributed by atoms with van der Waals surface area (Å²) >= 11 is 0. The number of hydrogen-bond donors (Lipinski definition) is 3. The van der Waals surface area contributed by atoms with E-state index in [1.165, 1.54) is 0 Å². The van der Waals surface area contributed by atoms with Gasteiger partial charge in [-0.05, 0) is 35.4 Å². The van der Waals surface area contributed by atoms with Crippen LogP contribution in [0.15, 0.2) is 48.5 Å². The van der Waals surface area contributed by atoms with Crippen molar-refractivity contribution < 1.29 is 19.8 Å². The highest BCUT2D eigenvalue weighted by atomic mass is 35.5. The molecule has 0 aliphatic carbocycles. The van der Waals surface area contributed by atoms with Gasteiger partial charge in [0.1, 0.15) is 0 Å². The zero-order valence-electron chi connectivity index (χ0n) is 11.7. The average molecular weight is 322 g/mol. The van der Waals surface area contributed by atoms with Crippen LogP contribution in [0.4, 0.5) is 0 Å². The van der Waals surface area contributed by atoms with Gasteiger partial charge in [-0.15, -0.1) is 12.4 Å². The smallest absolute Gasteiger partial charge is 0.335 e. The molecule has 0 unspecified atom stereocenters. The van der Waals surface area contributed by atoms with Gasteiger partial charge in [0.15, 0.2) is 0 Å². The molecule has 0 saturated heterocycles. The Balaban J connectivity index is 0.00000242. The van der Waals surface area contributed by atoms with Crippen LogP contribution in [0.5, 0.6) is 0 Å². The van der Waals surface area contributed by atoms with Crippen LogP contribution >= 0.6 is 12.4 Å². The van der Waals surface area contributed by atoms with Crippen LogP contribution in [0.2, 0.25) is 0 Å². The molecule has 0 bridgehead atoms. The minimum Gasteiger partial charge on any atom is -0.478 e. The number of rotatable bonds is 6. The first-order chi connectivity index (χ1) is 10.1. The maximum atomic E-state index is 10.7. The molecule has 0 fully saturated rings. The summed E-state index contributed by atoms with van der Waals surface area (Å²) in [5.74, 6) is -1.87. The molecular formula is C16H16ClNO4. The fourth-order valence-corrected chi connectivity index (χ4v) is 1.88. The van der Waals surface area contributed by atoms with Gasteiger partial charge in [-0.3, -0.25) is 0 Å². The summed E-state index contributed by atoms with van der Waals surface area (Å²) < 4.78 is 0. The Morgan fingerprint density at radius 1 is 0.727 bits per heavy atom. The fourth-order valence-electron chi connectivity index (χ4n) is 1.88. The number of carboxylic acids is 2. The molecule has 2 rings (SSSR count). The summed E-state index contributed by atoms with van der Waals surface area (Å²) in [6.45, 7) is 1.22. The molecule has 5 nitrogen and oxygen atoms in total. The molecule has 0 radical (unpaired) electrons. The summed E-state index contributed by atoms with van der Waals surface area (Å²) in [4.78, 5) is 21.5. The maximum Gasteiger partial charge on any atom is 0.335 e. The van der Waals surface area contributed by atoms with Crippen molar-refractivity contribution in [1.82, 2.24) is 5.32 Å². The summed E-state index contributed by atoms with van der Waals surface area (Å²) in [5, 5.41) is 20.8. The van der Waals surface area contributed by atoms with E-state index >= 15 is 0 Å². The molecule has 116 valence electrons. The van der Waals surface area contributed by atoms with Gasteiger partial charge in [0.05, 0.1) is 11.1 Å². The van der Waals surface area contributed by atoms with E-state index in [1.54, 1.807) is 48.5 Å². The zero-order chi connectivity index (χ0) is 15.2. The van der Waals surface area contributed by atoms with Crippen molar-refractivity contribution in [2.45, 2.75) is 13.1 Å². The predicted molar refractivity (Wildman–Crippen MR) is 84.6 cm³/mol. The second-order valence-corrected chi connectivity index (χ2v) is 4.61. The minimum atomic E-state index is -0.937. The number of carboxylic acid groups (broad SMARTS) is 2. The van der Waals surface area contributed by atoms with E-state index in [0.29, 0.717) is 13.1 Å². The highest BCUT2D eigenvalue weighted by Gasteiger charge is 2.03. The predicted octanol–water partition coefficient (Wildman–Crippen LogP) is 2.79. The van der Waals surface area contributed by atoms with Gasteiger partial charge in [-0.1, -0.05) is 24.3 Å². The third-order valence-corrected chi connectivity index (χ3v) is 3.06. The molecule has 2 aromatic rings. The third-order valence-electron chi connectivity index (χ3n) is 3.06. The van der Waals surface area contributed by atoms with Crippen molar-refractivity contribution in [3.63, 3.8) is 0 Å². The molecular weight excluding hydrogens is 306 g/mol. The van der Waals surface area contributed by atoms with Crippen molar-refractivity contribution in [3.8, 4) is 0 Å². The average Bonchev–Trinajstić information content (AvgIpc) is 2.48. The van der Waals surface area contributed by atoms with E-state index in [9.17, 15) is 9.59 Å². The molecule has 0 saturated carbocycles. The van der Waals surface area contributed by atoms with Crippen molar-refractivity contribution in [1.29, 1.82) is 0 Å². The molecule has 0 atom stereocenters. The fraction of sp³-hybridized carbons (Fsp3) is 0.125. The van der Waals surface area contributed by atoms with Gasteiger partial charge >= 0.3 is 11.9 Å². The van der Waals surface area contributed by atoms with Crippen LogP contribution in [0.1, 0.15) is 31.8 Å². The standard InChI is InChI=1S/C16H15NO4.ClH/c18-15(19)13-5-1-11(2-6-13)9-17-10-12-3-7-14(8-4-12)16(20)21;/h1-8,17H,9-10H2,(H,18,19)(H,20,21);1H. The summed E-state index contributed by atoms with van der Waals surface area (Å²) in [6.07, 6.45) is 0. The minimum absolute atomic E-state index is 0. The number of carbonyl (C=O) groups is 2. The lowest BCUT2D eigenvalue weighted by molar-refractivity contribution is 0.0686. The van der Waals surface area contributed by atoms with Crippen LogP contribution < -0.4 is 5.32 Å². The van der Waals surface area contributed by atoms with Crippen molar-refractivity contribution >= 4 is 24.3 Å². The van der Waals surface area contributed by atoms with Gasteiger partial charge in [-0.25, -0.2) is 9.59 Å². The Morgan fingerprint density at radius 3 is 1.32 bits per heavy atom. The van der Waals surface area contributed by atoms with Gasteiger partial charge in [0, 0.05) is 13.1 Å². The molecule has 6 heteroatoms.